The van der Waals surface area contributed by atoms with Gasteiger partial charge >= 0.3 is 6.18 Å². The summed E-state index contributed by atoms with van der Waals surface area (Å²) in [5, 5.41) is 2.88. The molecular formula is C13H19F3N2O. The fraction of sp³-hybridized carbons (Fsp3) is 0.615. The van der Waals surface area contributed by atoms with Gasteiger partial charge in [0, 0.05) is 18.7 Å². The van der Waals surface area contributed by atoms with Gasteiger partial charge in [0.25, 0.3) is 0 Å². The maximum atomic E-state index is 12.2. The molecule has 1 heterocycles. The highest BCUT2D eigenvalue weighted by molar-refractivity contribution is 5.26. The SMILES string of the molecule is CCCOc1cncc(C(CCC(F)(F)F)NC)c1. The molecule has 0 aliphatic heterocycles. The summed E-state index contributed by atoms with van der Waals surface area (Å²) in [6, 6.07) is 1.36. The average Bonchev–Trinajstić information content (AvgIpc) is 2.36. The fourth-order valence-corrected chi connectivity index (χ4v) is 1.71. The lowest BCUT2D eigenvalue weighted by Gasteiger charge is -2.18. The molecule has 0 fully saturated rings. The number of ether oxygens (including phenoxy) is 1. The van der Waals surface area contributed by atoms with Crippen LogP contribution in [0.2, 0.25) is 0 Å². The Balaban J connectivity index is 2.69. The van der Waals surface area contributed by atoms with Crippen LogP contribution in [0.25, 0.3) is 0 Å². The molecule has 3 nitrogen and oxygen atoms in total. The van der Waals surface area contributed by atoms with Crippen LogP contribution in [0, 0.1) is 0 Å². The van der Waals surface area contributed by atoms with Crippen LogP contribution in [-0.2, 0) is 0 Å². The zero-order valence-electron chi connectivity index (χ0n) is 11.1. The average molecular weight is 276 g/mol. The summed E-state index contributed by atoms with van der Waals surface area (Å²) >= 11 is 0. The molecular weight excluding hydrogens is 257 g/mol. The van der Waals surface area contributed by atoms with Crippen molar-refractivity contribution in [1.29, 1.82) is 0 Å². The van der Waals surface area contributed by atoms with E-state index in [1.54, 1.807) is 25.5 Å². The fourth-order valence-electron chi connectivity index (χ4n) is 1.71. The molecule has 108 valence electrons. The first-order valence-electron chi connectivity index (χ1n) is 6.28. The van der Waals surface area contributed by atoms with Crippen molar-refractivity contribution in [3.8, 4) is 5.75 Å². The number of hydrogen-bond acceptors (Lipinski definition) is 3. The lowest BCUT2D eigenvalue weighted by molar-refractivity contribution is -0.136. The van der Waals surface area contributed by atoms with E-state index in [1.165, 1.54) is 0 Å². The van der Waals surface area contributed by atoms with Gasteiger partial charge in [-0.1, -0.05) is 6.92 Å². The topological polar surface area (TPSA) is 34.1 Å². The summed E-state index contributed by atoms with van der Waals surface area (Å²) in [6.07, 6.45) is -0.976. The van der Waals surface area contributed by atoms with Crippen molar-refractivity contribution in [1.82, 2.24) is 10.3 Å². The molecule has 0 aliphatic rings. The molecule has 0 saturated carbocycles. The van der Waals surface area contributed by atoms with Crippen LogP contribution in [0.3, 0.4) is 0 Å². The van der Waals surface area contributed by atoms with Crippen molar-refractivity contribution in [2.45, 2.75) is 38.4 Å². The van der Waals surface area contributed by atoms with Gasteiger partial charge in [-0.05, 0) is 31.5 Å². The van der Waals surface area contributed by atoms with Crippen LogP contribution in [0.1, 0.15) is 37.8 Å². The second kappa shape index (κ2) is 7.33. The smallest absolute Gasteiger partial charge is 0.389 e. The second-order valence-electron chi connectivity index (χ2n) is 4.30. The first-order valence-corrected chi connectivity index (χ1v) is 6.28. The lowest BCUT2D eigenvalue weighted by Crippen LogP contribution is -2.20. The third-order valence-electron chi connectivity index (χ3n) is 2.67. The van der Waals surface area contributed by atoms with Crippen molar-refractivity contribution < 1.29 is 17.9 Å². The van der Waals surface area contributed by atoms with Crippen molar-refractivity contribution in [3.63, 3.8) is 0 Å². The van der Waals surface area contributed by atoms with Gasteiger partial charge in [0.2, 0.25) is 0 Å². The minimum Gasteiger partial charge on any atom is -0.492 e. The number of halogens is 3. The van der Waals surface area contributed by atoms with Gasteiger partial charge in [0.05, 0.1) is 12.8 Å². The summed E-state index contributed by atoms with van der Waals surface area (Å²) in [5.41, 5.74) is 0.709. The Morgan fingerprint density at radius 3 is 2.68 bits per heavy atom. The maximum absolute atomic E-state index is 12.2. The number of aromatic nitrogens is 1. The van der Waals surface area contributed by atoms with Crippen LogP contribution in [-0.4, -0.2) is 24.8 Å². The minimum absolute atomic E-state index is 0.0150. The molecule has 0 aliphatic carbocycles. The van der Waals surface area contributed by atoms with Crippen LogP contribution in [0.4, 0.5) is 13.2 Å². The van der Waals surface area contributed by atoms with Gasteiger partial charge in [-0.2, -0.15) is 13.2 Å². The van der Waals surface area contributed by atoms with Gasteiger partial charge in [-0.25, -0.2) is 0 Å². The molecule has 0 spiro atoms. The highest BCUT2D eigenvalue weighted by atomic mass is 19.4. The maximum Gasteiger partial charge on any atom is 0.389 e. The second-order valence-corrected chi connectivity index (χ2v) is 4.30. The van der Waals surface area contributed by atoms with Crippen molar-refractivity contribution >= 4 is 0 Å². The number of alkyl halides is 3. The van der Waals surface area contributed by atoms with Gasteiger partial charge in [0.1, 0.15) is 5.75 Å². The molecule has 1 aromatic rings. The van der Waals surface area contributed by atoms with E-state index in [4.69, 9.17) is 4.74 Å². The first-order chi connectivity index (χ1) is 8.96. The van der Waals surface area contributed by atoms with E-state index in [0.29, 0.717) is 17.9 Å². The summed E-state index contributed by atoms with van der Waals surface area (Å²) in [5.74, 6) is 0.589. The van der Waals surface area contributed by atoms with E-state index in [-0.39, 0.29) is 12.5 Å². The third-order valence-corrected chi connectivity index (χ3v) is 2.67. The Labute approximate surface area is 111 Å². The predicted octanol–water partition coefficient (Wildman–Crippen LogP) is 3.47. The van der Waals surface area contributed by atoms with E-state index in [1.807, 2.05) is 6.92 Å². The number of pyridine rings is 1. The summed E-state index contributed by atoms with van der Waals surface area (Å²) in [4.78, 5) is 4.00. The molecule has 0 bridgehead atoms. The molecule has 19 heavy (non-hydrogen) atoms. The van der Waals surface area contributed by atoms with Gasteiger partial charge in [-0.3, -0.25) is 4.98 Å². The molecule has 1 atom stereocenters. The zero-order valence-corrected chi connectivity index (χ0v) is 11.1. The van der Waals surface area contributed by atoms with E-state index < -0.39 is 12.6 Å². The normalized spacial score (nSPS) is 13.3. The van der Waals surface area contributed by atoms with E-state index in [0.717, 1.165) is 6.42 Å². The number of rotatable bonds is 7. The van der Waals surface area contributed by atoms with E-state index >= 15 is 0 Å². The molecule has 0 aromatic carbocycles. The third kappa shape index (κ3) is 5.92. The molecule has 0 saturated heterocycles. The Hall–Kier alpha value is -1.30. The largest absolute Gasteiger partial charge is 0.492 e. The lowest BCUT2D eigenvalue weighted by atomic mass is 10.0. The Bertz CT molecular complexity index is 382. The van der Waals surface area contributed by atoms with E-state index in [2.05, 4.69) is 10.3 Å². The first kappa shape index (κ1) is 15.8. The van der Waals surface area contributed by atoms with Crippen LogP contribution >= 0.6 is 0 Å². The quantitative estimate of drug-likeness (QED) is 0.828. The van der Waals surface area contributed by atoms with Crippen molar-refractivity contribution in [2.75, 3.05) is 13.7 Å². The standard InChI is InChI=1S/C13H19F3N2O/c1-3-6-19-11-7-10(8-18-9-11)12(17-2)4-5-13(14,15)16/h7-9,12,17H,3-6H2,1-2H3. The zero-order chi connectivity index (χ0) is 14.3. The highest BCUT2D eigenvalue weighted by Crippen LogP contribution is 2.28. The van der Waals surface area contributed by atoms with Crippen molar-refractivity contribution in [2.24, 2.45) is 0 Å². The van der Waals surface area contributed by atoms with Crippen LogP contribution in [0.15, 0.2) is 18.5 Å². The number of nitrogens with one attached hydrogen (secondary N) is 1. The van der Waals surface area contributed by atoms with Crippen LogP contribution in [0.5, 0.6) is 5.75 Å². The van der Waals surface area contributed by atoms with E-state index in [9.17, 15) is 13.2 Å². The predicted molar refractivity (Wildman–Crippen MR) is 67.1 cm³/mol. The molecule has 0 radical (unpaired) electrons. The molecule has 1 aromatic heterocycles. The molecule has 1 rings (SSSR count). The number of nitrogens with zero attached hydrogens (tertiary/aromatic N) is 1. The summed E-state index contributed by atoms with van der Waals surface area (Å²) < 4.78 is 42.2. The van der Waals surface area contributed by atoms with Crippen molar-refractivity contribution in [3.05, 3.63) is 24.0 Å². The van der Waals surface area contributed by atoms with Gasteiger partial charge in [0.15, 0.2) is 0 Å². The Kier molecular flexibility index (Phi) is 6.08. The Morgan fingerprint density at radius 2 is 2.11 bits per heavy atom. The molecule has 1 unspecified atom stereocenters. The Morgan fingerprint density at radius 1 is 1.37 bits per heavy atom. The molecule has 0 amide bonds. The highest BCUT2D eigenvalue weighted by Gasteiger charge is 2.28. The molecule has 6 heteroatoms. The van der Waals surface area contributed by atoms with Gasteiger partial charge in [-0.15, -0.1) is 0 Å². The number of hydrogen-bond donors (Lipinski definition) is 1. The summed E-state index contributed by atoms with van der Waals surface area (Å²) in [7, 11) is 1.64. The summed E-state index contributed by atoms with van der Waals surface area (Å²) in [6.45, 7) is 2.55. The van der Waals surface area contributed by atoms with Crippen LogP contribution < -0.4 is 10.1 Å². The minimum atomic E-state index is -4.14. The monoisotopic (exact) mass is 276 g/mol. The van der Waals surface area contributed by atoms with Gasteiger partial charge < -0.3 is 10.1 Å². The molecule has 1 N–H and O–H groups in total.